The van der Waals surface area contributed by atoms with Crippen molar-refractivity contribution < 1.29 is 4.92 Å². The Labute approximate surface area is 119 Å². The van der Waals surface area contributed by atoms with Crippen LogP contribution in [-0.4, -0.2) is 4.92 Å². The van der Waals surface area contributed by atoms with E-state index in [2.05, 4.69) is 0 Å². The number of hydrogen-bond acceptors (Lipinski definition) is 4. The fourth-order valence-corrected chi connectivity index (χ4v) is 2.61. The summed E-state index contributed by atoms with van der Waals surface area (Å²) in [7, 11) is 0. The van der Waals surface area contributed by atoms with E-state index in [-0.39, 0.29) is 10.6 Å². The minimum Gasteiger partial charge on any atom is -0.258 e. The Morgan fingerprint density at radius 1 is 1.11 bits per heavy atom. The van der Waals surface area contributed by atoms with Gasteiger partial charge in [0, 0.05) is 12.2 Å². The maximum Gasteiger partial charge on any atom is 0.269 e. The van der Waals surface area contributed by atoms with Crippen molar-refractivity contribution >= 4 is 34.8 Å². The molecule has 0 saturated heterocycles. The number of thiophene rings is 2. The molecule has 2 aromatic heterocycles. The summed E-state index contributed by atoms with van der Waals surface area (Å²) >= 11 is 3.16. The molecule has 0 N–H and O–H groups in total. The first kappa shape index (κ1) is 13.5. The molecular formula is C14H11NO2S2. The van der Waals surface area contributed by atoms with Crippen molar-refractivity contribution in [3.63, 3.8) is 0 Å². The summed E-state index contributed by atoms with van der Waals surface area (Å²) in [5.41, 5.74) is 2.09. The second-order valence-electron chi connectivity index (χ2n) is 3.65. The summed E-state index contributed by atoms with van der Waals surface area (Å²) < 4.78 is 0. The van der Waals surface area contributed by atoms with E-state index in [9.17, 15) is 10.1 Å². The fourth-order valence-electron chi connectivity index (χ4n) is 1.36. The van der Waals surface area contributed by atoms with Gasteiger partial charge in [0.15, 0.2) is 0 Å². The first-order valence-electron chi connectivity index (χ1n) is 5.51. The van der Waals surface area contributed by atoms with Gasteiger partial charge in [0.1, 0.15) is 0 Å². The number of hydrogen-bond donors (Lipinski definition) is 0. The highest BCUT2D eigenvalue weighted by Gasteiger charge is 2.03. The Balaban J connectivity index is 2.09. The first-order valence-corrected chi connectivity index (χ1v) is 7.39. The molecule has 2 rings (SSSR count). The minimum atomic E-state index is -0.388. The normalized spacial score (nSPS) is 12.5. The predicted molar refractivity (Wildman–Crippen MR) is 81.8 cm³/mol. The Bertz CT molecular complexity index is 608. The van der Waals surface area contributed by atoms with Gasteiger partial charge in [-0.05, 0) is 50.9 Å². The quantitative estimate of drug-likeness (QED) is 0.455. The molecule has 0 aliphatic carbocycles. The van der Waals surface area contributed by atoms with Crippen molar-refractivity contribution in [2.45, 2.75) is 0 Å². The van der Waals surface area contributed by atoms with Gasteiger partial charge in [0.2, 0.25) is 0 Å². The van der Waals surface area contributed by atoms with E-state index in [1.807, 2.05) is 39.7 Å². The molecule has 0 spiro atoms. The van der Waals surface area contributed by atoms with Gasteiger partial charge in [0.25, 0.3) is 5.70 Å². The molecule has 0 fully saturated rings. The molecule has 5 heteroatoms. The molecule has 2 heterocycles. The lowest BCUT2D eigenvalue weighted by molar-refractivity contribution is -0.418. The van der Waals surface area contributed by atoms with Crippen LogP contribution < -0.4 is 0 Å². The number of nitro groups is 1. The van der Waals surface area contributed by atoms with Crippen molar-refractivity contribution in [3.05, 3.63) is 78.8 Å². The van der Waals surface area contributed by atoms with Gasteiger partial charge in [-0.25, -0.2) is 0 Å². The molecule has 0 radical (unpaired) electrons. The van der Waals surface area contributed by atoms with Crippen molar-refractivity contribution in [3.8, 4) is 0 Å². The predicted octanol–water partition coefficient (Wildman–Crippen LogP) is 4.70. The van der Waals surface area contributed by atoms with Crippen LogP contribution in [0.25, 0.3) is 12.2 Å². The van der Waals surface area contributed by atoms with E-state index in [0.29, 0.717) is 0 Å². The smallest absolute Gasteiger partial charge is 0.258 e. The van der Waals surface area contributed by atoms with Crippen LogP contribution in [0.4, 0.5) is 0 Å². The summed E-state index contributed by atoms with van der Waals surface area (Å²) in [4.78, 5) is 10.5. The van der Waals surface area contributed by atoms with Crippen LogP contribution in [-0.2, 0) is 0 Å². The molecule has 2 aromatic rings. The SMILES string of the molecule is O=[N+]([O-])C(/C=C/c1ccsc1)=C/C=C/c1ccsc1. The molecule has 96 valence electrons. The van der Waals surface area contributed by atoms with Crippen LogP contribution in [0.15, 0.2) is 57.6 Å². The highest BCUT2D eigenvalue weighted by molar-refractivity contribution is 7.08. The third-order valence-electron chi connectivity index (χ3n) is 2.30. The maximum absolute atomic E-state index is 10.9. The van der Waals surface area contributed by atoms with Gasteiger partial charge >= 0.3 is 0 Å². The Morgan fingerprint density at radius 2 is 1.74 bits per heavy atom. The lowest BCUT2D eigenvalue weighted by Crippen LogP contribution is -1.94. The zero-order valence-electron chi connectivity index (χ0n) is 9.93. The summed E-state index contributed by atoms with van der Waals surface area (Å²) in [6.45, 7) is 0. The van der Waals surface area contributed by atoms with Gasteiger partial charge in [-0.3, -0.25) is 10.1 Å². The molecule has 0 aliphatic rings. The zero-order chi connectivity index (χ0) is 13.5. The van der Waals surface area contributed by atoms with Crippen LogP contribution in [0.3, 0.4) is 0 Å². The lowest BCUT2D eigenvalue weighted by Gasteiger charge is -1.89. The minimum absolute atomic E-state index is 0.0673. The highest BCUT2D eigenvalue weighted by atomic mass is 32.1. The molecule has 0 aliphatic heterocycles. The number of rotatable bonds is 5. The van der Waals surface area contributed by atoms with E-state index in [1.54, 1.807) is 34.8 Å². The highest BCUT2D eigenvalue weighted by Crippen LogP contribution is 2.11. The largest absolute Gasteiger partial charge is 0.269 e. The lowest BCUT2D eigenvalue weighted by atomic mass is 10.2. The third-order valence-corrected chi connectivity index (χ3v) is 3.70. The molecule has 0 aromatic carbocycles. The van der Waals surface area contributed by atoms with E-state index in [4.69, 9.17) is 0 Å². The van der Waals surface area contributed by atoms with Crippen LogP contribution >= 0.6 is 22.7 Å². The zero-order valence-corrected chi connectivity index (χ0v) is 11.6. The van der Waals surface area contributed by atoms with Gasteiger partial charge in [-0.2, -0.15) is 22.7 Å². The Morgan fingerprint density at radius 3 is 2.26 bits per heavy atom. The molecule has 0 unspecified atom stereocenters. The van der Waals surface area contributed by atoms with Crippen molar-refractivity contribution in [2.75, 3.05) is 0 Å². The average molecular weight is 289 g/mol. The van der Waals surface area contributed by atoms with Crippen molar-refractivity contribution in [2.24, 2.45) is 0 Å². The second-order valence-corrected chi connectivity index (χ2v) is 5.21. The number of nitrogens with zero attached hydrogens (tertiary/aromatic N) is 1. The van der Waals surface area contributed by atoms with E-state index in [1.165, 1.54) is 12.2 Å². The summed E-state index contributed by atoms with van der Waals surface area (Å²) in [5, 5.41) is 18.7. The number of allylic oxidation sites excluding steroid dienone is 3. The maximum atomic E-state index is 10.9. The Hall–Kier alpha value is -1.98. The van der Waals surface area contributed by atoms with Crippen molar-refractivity contribution in [1.82, 2.24) is 0 Å². The molecule has 0 saturated carbocycles. The van der Waals surface area contributed by atoms with E-state index < -0.39 is 0 Å². The summed E-state index contributed by atoms with van der Waals surface area (Å²) in [5.74, 6) is 0. The van der Waals surface area contributed by atoms with Crippen LogP contribution in [0.5, 0.6) is 0 Å². The molecule has 0 atom stereocenters. The topological polar surface area (TPSA) is 43.1 Å². The van der Waals surface area contributed by atoms with Crippen LogP contribution in [0.2, 0.25) is 0 Å². The Kier molecular flexibility index (Phi) is 4.83. The summed E-state index contributed by atoms with van der Waals surface area (Å²) in [6.07, 6.45) is 8.29. The second kappa shape index (κ2) is 6.82. The van der Waals surface area contributed by atoms with Crippen molar-refractivity contribution in [1.29, 1.82) is 0 Å². The first-order chi connectivity index (χ1) is 9.25. The fraction of sp³-hybridized carbons (Fsp3) is 0. The summed E-state index contributed by atoms with van der Waals surface area (Å²) in [6, 6.07) is 3.88. The molecule has 19 heavy (non-hydrogen) atoms. The molecular weight excluding hydrogens is 278 g/mol. The van der Waals surface area contributed by atoms with E-state index in [0.717, 1.165) is 11.1 Å². The molecule has 0 bridgehead atoms. The monoisotopic (exact) mass is 289 g/mol. The van der Waals surface area contributed by atoms with Crippen LogP contribution in [0, 0.1) is 10.1 Å². The standard InChI is InChI=1S/C14H11NO2S2/c16-15(17)14(5-4-13-7-9-19-11-13)3-1-2-12-6-8-18-10-12/h1-11H/b2-1+,5-4+,14-3+. The molecule has 3 nitrogen and oxygen atoms in total. The van der Waals surface area contributed by atoms with Gasteiger partial charge < -0.3 is 0 Å². The molecule has 0 amide bonds. The average Bonchev–Trinajstić information content (AvgIpc) is 3.06. The van der Waals surface area contributed by atoms with Crippen LogP contribution in [0.1, 0.15) is 11.1 Å². The van der Waals surface area contributed by atoms with Gasteiger partial charge in [-0.1, -0.05) is 12.2 Å². The van der Waals surface area contributed by atoms with Gasteiger partial charge in [-0.15, -0.1) is 0 Å². The third kappa shape index (κ3) is 4.31. The van der Waals surface area contributed by atoms with E-state index >= 15 is 0 Å². The van der Waals surface area contributed by atoms with Gasteiger partial charge in [0.05, 0.1) is 4.92 Å².